The molecule has 1 aromatic rings. The third-order valence-electron chi connectivity index (χ3n) is 4.56. The Balaban J connectivity index is 1.77. The van der Waals surface area contributed by atoms with Gasteiger partial charge in [0.15, 0.2) is 0 Å². The summed E-state index contributed by atoms with van der Waals surface area (Å²) >= 11 is 3.94. The van der Waals surface area contributed by atoms with Crippen LogP contribution in [-0.2, 0) is 0 Å². The summed E-state index contributed by atoms with van der Waals surface area (Å²) < 4.78 is 0. The zero-order valence-electron chi connectivity index (χ0n) is 9.83. The van der Waals surface area contributed by atoms with Crippen LogP contribution in [0.3, 0.4) is 0 Å². The second-order valence-electron chi connectivity index (χ2n) is 5.65. The minimum absolute atomic E-state index is 0.586. The van der Waals surface area contributed by atoms with E-state index < -0.39 is 0 Å². The van der Waals surface area contributed by atoms with Crippen molar-refractivity contribution in [2.75, 3.05) is 0 Å². The van der Waals surface area contributed by atoms with Gasteiger partial charge in [-0.2, -0.15) is 0 Å². The molecule has 0 aliphatic heterocycles. The predicted molar refractivity (Wildman–Crippen MR) is 71.8 cm³/mol. The van der Waals surface area contributed by atoms with Crippen LogP contribution >= 0.6 is 15.9 Å². The molecule has 2 fully saturated rings. The summed E-state index contributed by atoms with van der Waals surface area (Å²) in [5.74, 6) is 2.93. The first-order valence-electron chi connectivity index (χ1n) is 6.44. The number of hydrogen-bond acceptors (Lipinski definition) is 0. The Labute approximate surface area is 107 Å². The number of benzene rings is 1. The summed E-state index contributed by atoms with van der Waals surface area (Å²) in [4.78, 5) is 0.586. The Morgan fingerprint density at radius 3 is 2.44 bits per heavy atom. The number of aryl methyl sites for hydroxylation is 1. The average Bonchev–Trinajstić information content (AvgIpc) is 2.91. The van der Waals surface area contributed by atoms with Gasteiger partial charge in [-0.25, -0.2) is 0 Å². The molecule has 3 rings (SSSR count). The monoisotopic (exact) mass is 278 g/mol. The van der Waals surface area contributed by atoms with Crippen molar-refractivity contribution >= 4 is 15.9 Å². The predicted octanol–water partition coefficient (Wildman–Crippen LogP) is 4.87. The van der Waals surface area contributed by atoms with Crippen molar-refractivity contribution in [3.63, 3.8) is 0 Å². The minimum atomic E-state index is 0.586. The molecule has 1 heteroatoms. The van der Waals surface area contributed by atoms with Crippen molar-refractivity contribution < 1.29 is 0 Å². The van der Waals surface area contributed by atoms with E-state index in [1.54, 1.807) is 0 Å². The van der Waals surface area contributed by atoms with Crippen LogP contribution in [0.25, 0.3) is 0 Å². The van der Waals surface area contributed by atoms with E-state index in [-0.39, 0.29) is 0 Å². The first kappa shape index (κ1) is 10.8. The van der Waals surface area contributed by atoms with Gasteiger partial charge < -0.3 is 0 Å². The topological polar surface area (TPSA) is 0 Å². The minimum Gasteiger partial charge on any atom is -0.0836 e. The number of alkyl halides is 1. The molecule has 4 atom stereocenters. The highest BCUT2D eigenvalue weighted by Gasteiger charge is 2.42. The van der Waals surface area contributed by atoms with Gasteiger partial charge in [0, 0.05) is 4.83 Å². The maximum atomic E-state index is 3.94. The van der Waals surface area contributed by atoms with Crippen LogP contribution in [0.2, 0.25) is 0 Å². The molecule has 2 aliphatic carbocycles. The maximum absolute atomic E-state index is 3.94. The highest BCUT2D eigenvalue weighted by molar-refractivity contribution is 9.09. The molecule has 0 N–H and O–H groups in total. The van der Waals surface area contributed by atoms with Gasteiger partial charge in [0.25, 0.3) is 0 Å². The van der Waals surface area contributed by atoms with Crippen molar-refractivity contribution in [2.24, 2.45) is 17.8 Å². The van der Waals surface area contributed by atoms with E-state index in [0.717, 1.165) is 17.8 Å². The lowest BCUT2D eigenvalue weighted by Gasteiger charge is -2.27. The van der Waals surface area contributed by atoms with Crippen LogP contribution in [0.1, 0.15) is 41.6 Å². The normalized spacial score (nSPS) is 34.2. The summed E-state index contributed by atoms with van der Waals surface area (Å²) in [7, 11) is 0. The molecule has 2 saturated carbocycles. The molecule has 1 aromatic carbocycles. The highest BCUT2D eigenvalue weighted by atomic mass is 79.9. The van der Waals surface area contributed by atoms with Gasteiger partial charge in [0.1, 0.15) is 0 Å². The Morgan fingerprint density at radius 1 is 1.12 bits per heavy atom. The molecule has 0 saturated heterocycles. The SMILES string of the molecule is Cc1ccc(C(Br)C2CC3CCC2C3)cc1. The zero-order chi connectivity index (χ0) is 11.1. The molecule has 0 heterocycles. The quantitative estimate of drug-likeness (QED) is 0.678. The fourth-order valence-corrected chi connectivity index (χ4v) is 4.60. The molecule has 0 radical (unpaired) electrons. The summed E-state index contributed by atoms with van der Waals surface area (Å²) in [5.41, 5.74) is 2.83. The van der Waals surface area contributed by atoms with E-state index in [0.29, 0.717) is 4.83 Å². The van der Waals surface area contributed by atoms with Crippen LogP contribution in [0.15, 0.2) is 24.3 Å². The number of halogens is 1. The fraction of sp³-hybridized carbons (Fsp3) is 0.600. The van der Waals surface area contributed by atoms with E-state index in [9.17, 15) is 0 Å². The Kier molecular flexibility index (Phi) is 2.83. The van der Waals surface area contributed by atoms with Crippen molar-refractivity contribution in [2.45, 2.75) is 37.4 Å². The molecular weight excluding hydrogens is 260 g/mol. The first-order chi connectivity index (χ1) is 7.74. The average molecular weight is 279 g/mol. The number of rotatable bonds is 2. The van der Waals surface area contributed by atoms with E-state index in [1.807, 2.05) is 0 Å². The molecule has 16 heavy (non-hydrogen) atoms. The molecule has 0 nitrogen and oxygen atoms in total. The van der Waals surface area contributed by atoms with Crippen LogP contribution in [-0.4, -0.2) is 0 Å². The largest absolute Gasteiger partial charge is 0.0836 e. The fourth-order valence-electron chi connectivity index (χ4n) is 3.65. The van der Waals surface area contributed by atoms with Crippen molar-refractivity contribution in [1.82, 2.24) is 0 Å². The van der Waals surface area contributed by atoms with Crippen LogP contribution < -0.4 is 0 Å². The number of hydrogen-bond donors (Lipinski definition) is 0. The van der Waals surface area contributed by atoms with Crippen LogP contribution in [0.4, 0.5) is 0 Å². The van der Waals surface area contributed by atoms with Crippen molar-refractivity contribution in [1.29, 1.82) is 0 Å². The molecule has 2 aliphatic rings. The molecule has 86 valence electrons. The van der Waals surface area contributed by atoms with Gasteiger partial charge in [-0.05, 0) is 49.5 Å². The van der Waals surface area contributed by atoms with Crippen molar-refractivity contribution in [3.8, 4) is 0 Å². The van der Waals surface area contributed by atoms with Gasteiger partial charge in [0.05, 0.1) is 0 Å². The molecule has 2 bridgehead atoms. The summed E-state index contributed by atoms with van der Waals surface area (Å²) in [6.07, 6.45) is 5.92. The lowest BCUT2D eigenvalue weighted by atomic mass is 9.84. The Hall–Kier alpha value is -0.300. The molecule has 4 unspecified atom stereocenters. The van der Waals surface area contributed by atoms with Crippen molar-refractivity contribution in [3.05, 3.63) is 35.4 Å². The van der Waals surface area contributed by atoms with E-state index >= 15 is 0 Å². The third kappa shape index (κ3) is 1.84. The second kappa shape index (κ2) is 4.18. The lowest BCUT2D eigenvalue weighted by Crippen LogP contribution is -2.15. The summed E-state index contributed by atoms with van der Waals surface area (Å²) in [6.45, 7) is 2.16. The summed E-state index contributed by atoms with van der Waals surface area (Å²) in [5, 5.41) is 0. The zero-order valence-corrected chi connectivity index (χ0v) is 11.4. The van der Waals surface area contributed by atoms with E-state index in [1.165, 1.54) is 36.8 Å². The van der Waals surface area contributed by atoms with Gasteiger partial charge in [0.2, 0.25) is 0 Å². The molecule has 0 spiro atoms. The van der Waals surface area contributed by atoms with Gasteiger partial charge >= 0.3 is 0 Å². The van der Waals surface area contributed by atoms with E-state index in [2.05, 4.69) is 47.1 Å². The Morgan fingerprint density at radius 2 is 1.88 bits per heavy atom. The molecule has 0 aromatic heterocycles. The standard InChI is InChI=1S/C15H19Br/c1-10-2-5-12(6-3-10)15(16)14-9-11-4-7-13(14)8-11/h2-3,5-6,11,13-15H,4,7-9H2,1H3. The molecular formula is C15H19Br. The van der Waals surface area contributed by atoms with E-state index in [4.69, 9.17) is 0 Å². The number of fused-ring (bicyclic) bond motifs is 2. The third-order valence-corrected chi connectivity index (χ3v) is 5.77. The lowest BCUT2D eigenvalue weighted by molar-refractivity contribution is 0.329. The van der Waals surface area contributed by atoms with Crippen LogP contribution in [0, 0.1) is 24.7 Å². The maximum Gasteiger partial charge on any atom is 0.0426 e. The second-order valence-corrected chi connectivity index (χ2v) is 6.64. The Bertz CT molecular complexity index is 368. The van der Waals surface area contributed by atoms with Gasteiger partial charge in [-0.1, -0.05) is 52.2 Å². The van der Waals surface area contributed by atoms with Gasteiger partial charge in [-0.3, -0.25) is 0 Å². The van der Waals surface area contributed by atoms with Gasteiger partial charge in [-0.15, -0.1) is 0 Å². The van der Waals surface area contributed by atoms with Crippen LogP contribution in [0.5, 0.6) is 0 Å². The summed E-state index contributed by atoms with van der Waals surface area (Å²) in [6, 6.07) is 9.05. The highest BCUT2D eigenvalue weighted by Crippen LogP contribution is 2.54. The first-order valence-corrected chi connectivity index (χ1v) is 7.36. The molecule has 0 amide bonds. The smallest absolute Gasteiger partial charge is 0.0426 e.